The number of piperidine rings is 1. The third-order valence-corrected chi connectivity index (χ3v) is 5.28. The first-order valence-electron chi connectivity index (χ1n) is 8.24. The predicted octanol–water partition coefficient (Wildman–Crippen LogP) is -0.428. The van der Waals surface area contributed by atoms with Crippen molar-refractivity contribution in [1.29, 1.82) is 0 Å². The maximum atomic E-state index is 14.3. The van der Waals surface area contributed by atoms with Crippen molar-refractivity contribution in [3.8, 4) is 0 Å². The molecule has 3 aliphatic rings. The lowest BCUT2D eigenvalue weighted by Gasteiger charge is -2.34. The van der Waals surface area contributed by atoms with E-state index < -0.39 is 59.2 Å². The van der Waals surface area contributed by atoms with Crippen LogP contribution in [-0.2, 0) is 24.3 Å². The van der Waals surface area contributed by atoms with Gasteiger partial charge in [0.1, 0.15) is 12.1 Å². The summed E-state index contributed by atoms with van der Waals surface area (Å²) in [6.45, 7) is -0.685. The number of nitrogens with zero attached hydrogens (tertiary/aromatic N) is 2. The minimum absolute atomic E-state index is 0.153. The van der Waals surface area contributed by atoms with Gasteiger partial charge < -0.3 is 4.90 Å². The van der Waals surface area contributed by atoms with Crippen LogP contribution in [-0.4, -0.2) is 65.3 Å². The Hall–Kier alpha value is -2.06. The third kappa shape index (κ3) is 3.96. The van der Waals surface area contributed by atoms with Gasteiger partial charge in [0.25, 0.3) is 11.8 Å². The Morgan fingerprint density at radius 3 is 2.37 bits per heavy atom. The van der Waals surface area contributed by atoms with Crippen LogP contribution >= 0.6 is 0 Å². The van der Waals surface area contributed by atoms with Crippen molar-refractivity contribution in [3.05, 3.63) is 0 Å². The Morgan fingerprint density at radius 2 is 1.78 bits per heavy atom. The van der Waals surface area contributed by atoms with Gasteiger partial charge in [-0.1, -0.05) is 12.8 Å². The van der Waals surface area contributed by atoms with Crippen molar-refractivity contribution in [2.24, 2.45) is 5.92 Å². The van der Waals surface area contributed by atoms with Crippen LogP contribution < -0.4 is 10.9 Å². The third-order valence-electron chi connectivity index (χ3n) is 4.93. The maximum Gasteiger partial charge on any atom is 0.418 e. The predicted molar refractivity (Wildman–Crippen MR) is 82.0 cm³/mol. The lowest BCUT2D eigenvalue weighted by Crippen LogP contribution is -2.59. The molecule has 1 saturated carbocycles. The average Bonchev–Trinajstić information content (AvgIpc) is 3.18. The highest BCUT2D eigenvalue weighted by atomic mass is 32.3. The smallest absolute Gasteiger partial charge is 0.308 e. The van der Waals surface area contributed by atoms with Crippen LogP contribution in [0, 0.1) is 5.92 Å². The van der Waals surface area contributed by atoms with E-state index in [0.717, 1.165) is 12.8 Å². The molecule has 152 valence electrons. The van der Waals surface area contributed by atoms with Crippen LogP contribution in [0.3, 0.4) is 0 Å². The number of urea groups is 1. The van der Waals surface area contributed by atoms with Crippen LogP contribution in [0.1, 0.15) is 32.1 Å². The molecule has 2 atom stereocenters. The van der Waals surface area contributed by atoms with E-state index in [-0.39, 0.29) is 11.0 Å². The van der Waals surface area contributed by atoms with Gasteiger partial charge in [-0.05, 0) is 12.8 Å². The molecule has 0 aromatic heterocycles. The molecule has 2 saturated heterocycles. The molecule has 3 N–H and O–H groups in total. The van der Waals surface area contributed by atoms with Crippen LogP contribution in [0.15, 0.2) is 0 Å². The molecule has 2 heterocycles. The van der Waals surface area contributed by atoms with Crippen molar-refractivity contribution in [1.82, 2.24) is 20.8 Å². The van der Waals surface area contributed by atoms with E-state index in [1.807, 2.05) is 5.43 Å². The second kappa shape index (κ2) is 6.83. The Morgan fingerprint density at radius 1 is 1.19 bits per heavy atom. The van der Waals surface area contributed by atoms with Crippen LogP contribution in [0.2, 0.25) is 0 Å². The van der Waals surface area contributed by atoms with Gasteiger partial charge in [-0.15, -0.1) is 4.28 Å². The summed E-state index contributed by atoms with van der Waals surface area (Å²) in [5.74, 6) is -5.41. The number of amides is 4. The van der Waals surface area contributed by atoms with Gasteiger partial charge in [0.15, 0.2) is 0 Å². The summed E-state index contributed by atoms with van der Waals surface area (Å²) in [4.78, 5) is 37.0. The second-order valence-electron chi connectivity index (χ2n) is 6.72. The molecule has 3 rings (SSSR count). The van der Waals surface area contributed by atoms with Gasteiger partial charge in [-0.3, -0.25) is 25.0 Å². The number of hydrogen-bond donors (Lipinski definition) is 3. The summed E-state index contributed by atoms with van der Waals surface area (Å²) in [7, 11) is -5.21. The monoisotopic (exact) mass is 412 g/mol. The summed E-state index contributed by atoms with van der Waals surface area (Å²) in [5.41, 5.74) is 4.21. The number of hydrogen-bond acceptors (Lipinski definition) is 6. The fourth-order valence-electron chi connectivity index (χ4n) is 3.58. The second-order valence-corrected chi connectivity index (χ2v) is 7.72. The van der Waals surface area contributed by atoms with Crippen LogP contribution in [0.25, 0.3) is 0 Å². The fraction of sp³-hybridized carbons (Fsp3) is 0.769. The first-order valence-corrected chi connectivity index (χ1v) is 9.60. The molecular formula is C13H18F2N4O7S. The number of carbonyl (C=O) groups excluding carboxylic acids is 3. The lowest BCUT2D eigenvalue weighted by atomic mass is 9.96. The zero-order valence-corrected chi connectivity index (χ0v) is 14.7. The van der Waals surface area contributed by atoms with E-state index in [9.17, 15) is 31.6 Å². The Bertz CT molecular complexity index is 756. The number of carbonyl (C=O) groups is 3. The normalized spacial score (nSPS) is 27.7. The molecule has 0 aromatic carbocycles. The van der Waals surface area contributed by atoms with Crippen LogP contribution in [0.5, 0.6) is 0 Å². The molecule has 1 aliphatic carbocycles. The summed E-state index contributed by atoms with van der Waals surface area (Å²) >= 11 is 0. The SMILES string of the molecule is O=C(NNC(=O)[C@@H]1CC(F)(F)[C@@H]2CN1C(=O)N2OS(=O)(=O)O)C1CCCC1. The average molecular weight is 412 g/mol. The van der Waals surface area contributed by atoms with E-state index >= 15 is 0 Å². The highest BCUT2D eigenvalue weighted by Crippen LogP contribution is 2.41. The minimum atomic E-state index is -5.21. The van der Waals surface area contributed by atoms with Crippen molar-refractivity contribution < 1.29 is 40.4 Å². The number of halogens is 2. The number of nitrogens with one attached hydrogen (secondary N) is 2. The van der Waals surface area contributed by atoms with Crippen molar-refractivity contribution in [3.63, 3.8) is 0 Å². The standard InChI is InChI=1S/C13H18F2N4O7S/c14-13(15)5-8(11(21)17-16-10(20)7-3-1-2-4-7)18-6-9(13)19(12(18)22)26-27(23,24)25/h7-9H,1-6H2,(H,16,20)(H,17,21)(H,23,24,25)/t8-,9-/m0/s1. The maximum absolute atomic E-state index is 14.3. The highest BCUT2D eigenvalue weighted by molar-refractivity contribution is 7.80. The van der Waals surface area contributed by atoms with Gasteiger partial charge in [0.05, 0.1) is 6.54 Å². The number of hydroxylamine groups is 2. The molecular weight excluding hydrogens is 394 g/mol. The summed E-state index contributed by atoms with van der Waals surface area (Å²) < 4.78 is 62.8. The zero-order valence-electron chi connectivity index (χ0n) is 13.9. The van der Waals surface area contributed by atoms with Gasteiger partial charge in [-0.25, -0.2) is 13.6 Å². The van der Waals surface area contributed by atoms with Gasteiger partial charge >= 0.3 is 16.4 Å². The van der Waals surface area contributed by atoms with E-state index in [1.165, 1.54) is 0 Å². The fourth-order valence-corrected chi connectivity index (χ4v) is 3.95. The Labute approximate surface area is 152 Å². The molecule has 14 heteroatoms. The molecule has 27 heavy (non-hydrogen) atoms. The van der Waals surface area contributed by atoms with E-state index in [0.29, 0.717) is 17.7 Å². The topological polar surface area (TPSA) is 145 Å². The van der Waals surface area contributed by atoms with Crippen molar-refractivity contribution in [2.45, 2.75) is 50.1 Å². The number of rotatable bonds is 4. The molecule has 0 aromatic rings. The lowest BCUT2D eigenvalue weighted by molar-refractivity contribution is -0.154. The Balaban J connectivity index is 1.69. The zero-order chi connectivity index (χ0) is 20.0. The first kappa shape index (κ1) is 19.7. The number of hydrazine groups is 1. The molecule has 0 spiro atoms. The van der Waals surface area contributed by atoms with E-state index in [4.69, 9.17) is 4.55 Å². The molecule has 0 radical (unpaired) electrons. The van der Waals surface area contributed by atoms with E-state index in [1.54, 1.807) is 0 Å². The van der Waals surface area contributed by atoms with Gasteiger partial charge in [-0.2, -0.15) is 13.5 Å². The highest BCUT2D eigenvalue weighted by Gasteiger charge is 2.62. The number of fused-ring (bicyclic) bond motifs is 2. The quantitative estimate of drug-likeness (QED) is 0.420. The van der Waals surface area contributed by atoms with Crippen molar-refractivity contribution >= 4 is 28.2 Å². The largest absolute Gasteiger partial charge is 0.418 e. The molecule has 0 unspecified atom stereocenters. The minimum Gasteiger partial charge on any atom is -0.308 e. The van der Waals surface area contributed by atoms with Gasteiger partial charge in [0, 0.05) is 12.3 Å². The first-order chi connectivity index (χ1) is 12.5. The summed E-state index contributed by atoms with van der Waals surface area (Å²) in [5, 5.41) is -0.153. The number of alkyl halides is 2. The molecule has 2 bridgehead atoms. The van der Waals surface area contributed by atoms with Gasteiger partial charge in [0.2, 0.25) is 5.91 Å². The molecule has 4 amide bonds. The Kier molecular flexibility index (Phi) is 4.98. The van der Waals surface area contributed by atoms with E-state index in [2.05, 4.69) is 9.71 Å². The molecule has 11 nitrogen and oxygen atoms in total. The summed E-state index contributed by atoms with van der Waals surface area (Å²) in [6, 6.07) is -4.94. The van der Waals surface area contributed by atoms with Crippen molar-refractivity contribution in [2.75, 3.05) is 6.54 Å². The molecule has 3 fully saturated rings. The van der Waals surface area contributed by atoms with Crippen LogP contribution in [0.4, 0.5) is 13.6 Å². The summed E-state index contributed by atoms with van der Waals surface area (Å²) in [6.07, 6.45) is 2.00. The molecule has 2 aliphatic heterocycles.